The van der Waals surface area contributed by atoms with E-state index in [-0.39, 0.29) is 42.3 Å². The van der Waals surface area contributed by atoms with Crippen molar-refractivity contribution >= 4 is 5.97 Å². The molecule has 0 amide bonds. The molecule has 1 aliphatic rings. The molecule has 1 aromatic rings. The molecule has 0 aromatic carbocycles. The molecule has 1 heterocycles. The molecular weight excluding hydrogens is 358 g/mol. The van der Waals surface area contributed by atoms with E-state index in [0.717, 1.165) is 0 Å². The highest BCUT2D eigenvalue weighted by molar-refractivity contribution is 5.72. The highest BCUT2D eigenvalue weighted by Gasteiger charge is 2.45. The zero-order valence-corrected chi connectivity index (χ0v) is 13.7. The van der Waals surface area contributed by atoms with E-state index in [2.05, 4.69) is 20.1 Å². The van der Waals surface area contributed by atoms with Crippen LogP contribution in [0.25, 0.3) is 0 Å². The van der Waals surface area contributed by atoms with Crippen molar-refractivity contribution in [3.8, 4) is 5.75 Å². The van der Waals surface area contributed by atoms with Crippen LogP contribution in [0.2, 0.25) is 0 Å². The average Bonchev–Trinajstić information content (AvgIpc) is 3.03. The summed E-state index contributed by atoms with van der Waals surface area (Å²) in [6.45, 7) is 1.06. The third-order valence-corrected chi connectivity index (χ3v) is 4.21. The number of aromatic nitrogens is 1. The quantitative estimate of drug-likeness (QED) is 0.340. The summed E-state index contributed by atoms with van der Waals surface area (Å²) < 4.78 is 27.5. The van der Waals surface area contributed by atoms with Crippen LogP contribution < -0.4 is 5.32 Å². The lowest BCUT2D eigenvalue weighted by molar-refractivity contribution is -0.397. The molecule has 5 N–H and O–H groups in total. The lowest BCUT2D eigenvalue weighted by atomic mass is 10.1. The first kappa shape index (κ1) is 20.0. The highest BCUT2D eigenvalue weighted by Crippen LogP contribution is 2.40. The van der Waals surface area contributed by atoms with Crippen LogP contribution >= 0.6 is 0 Å². The number of halogens is 2. The Kier molecular flexibility index (Phi) is 6.08. The third-order valence-electron chi connectivity index (χ3n) is 4.21. The SMILES string of the molecule is Cc1ncc(COO)c(CNC2=C(C(F)(F)OO)C[C@H](C(=O)O)C2)c1O. The second-order valence-electron chi connectivity index (χ2n) is 5.83. The van der Waals surface area contributed by atoms with Gasteiger partial charge in [-0.3, -0.25) is 15.0 Å². The number of pyridine rings is 1. The van der Waals surface area contributed by atoms with Gasteiger partial charge >= 0.3 is 12.1 Å². The summed E-state index contributed by atoms with van der Waals surface area (Å²) in [6.07, 6.45) is -3.42. The fraction of sp³-hybridized carbons (Fsp3) is 0.467. The van der Waals surface area contributed by atoms with E-state index < -0.39 is 30.0 Å². The summed E-state index contributed by atoms with van der Waals surface area (Å²) in [7, 11) is 0. The third kappa shape index (κ3) is 4.07. The van der Waals surface area contributed by atoms with E-state index in [4.69, 9.17) is 15.6 Å². The number of carboxylic acids is 1. The van der Waals surface area contributed by atoms with E-state index in [0.29, 0.717) is 5.56 Å². The maximum Gasteiger partial charge on any atom is 0.405 e. The fourth-order valence-corrected chi connectivity index (χ4v) is 2.78. The van der Waals surface area contributed by atoms with Gasteiger partial charge in [-0.2, -0.15) is 13.7 Å². The van der Waals surface area contributed by atoms with Gasteiger partial charge in [-0.25, -0.2) is 10.1 Å². The molecule has 0 saturated heterocycles. The maximum atomic E-state index is 13.7. The Morgan fingerprint density at radius 2 is 2.12 bits per heavy atom. The minimum absolute atomic E-state index is 0.110. The fourth-order valence-electron chi connectivity index (χ4n) is 2.78. The molecule has 26 heavy (non-hydrogen) atoms. The van der Waals surface area contributed by atoms with Crippen LogP contribution in [0.3, 0.4) is 0 Å². The van der Waals surface area contributed by atoms with Gasteiger partial charge in [0.2, 0.25) is 0 Å². The Balaban J connectivity index is 2.30. The van der Waals surface area contributed by atoms with Crippen molar-refractivity contribution in [2.75, 3.05) is 0 Å². The van der Waals surface area contributed by atoms with Crippen LogP contribution in [-0.2, 0) is 27.7 Å². The number of aromatic hydroxyl groups is 1. The molecular formula is C15H18F2N2O7. The number of hydrogen-bond acceptors (Lipinski definition) is 8. The summed E-state index contributed by atoms with van der Waals surface area (Å²) in [4.78, 5) is 22.3. The largest absolute Gasteiger partial charge is 0.506 e. The average molecular weight is 376 g/mol. The van der Waals surface area contributed by atoms with E-state index >= 15 is 0 Å². The van der Waals surface area contributed by atoms with Gasteiger partial charge < -0.3 is 15.5 Å². The van der Waals surface area contributed by atoms with Gasteiger partial charge in [0.05, 0.1) is 17.2 Å². The van der Waals surface area contributed by atoms with Crippen molar-refractivity contribution in [3.63, 3.8) is 0 Å². The molecule has 9 nitrogen and oxygen atoms in total. The lowest BCUT2D eigenvalue weighted by Crippen LogP contribution is -2.25. The van der Waals surface area contributed by atoms with E-state index in [1.54, 1.807) is 0 Å². The normalized spacial score (nSPS) is 17.7. The van der Waals surface area contributed by atoms with Gasteiger partial charge in [0, 0.05) is 36.0 Å². The second-order valence-corrected chi connectivity index (χ2v) is 5.83. The van der Waals surface area contributed by atoms with Gasteiger partial charge in [0.25, 0.3) is 0 Å². The molecule has 0 radical (unpaired) electrons. The first-order valence-corrected chi connectivity index (χ1v) is 7.53. The molecule has 1 aliphatic carbocycles. The highest BCUT2D eigenvalue weighted by atomic mass is 19.3. The Morgan fingerprint density at radius 1 is 1.42 bits per heavy atom. The first-order valence-electron chi connectivity index (χ1n) is 7.53. The van der Waals surface area contributed by atoms with Gasteiger partial charge in [0.15, 0.2) is 0 Å². The van der Waals surface area contributed by atoms with Crippen molar-refractivity contribution in [1.29, 1.82) is 0 Å². The van der Waals surface area contributed by atoms with Crippen molar-refractivity contribution in [2.45, 2.75) is 39.0 Å². The van der Waals surface area contributed by atoms with E-state index in [9.17, 15) is 18.7 Å². The van der Waals surface area contributed by atoms with Crippen LogP contribution in [0.15, 0.2) is 17.5 Å². The van der Waals surface area contributed by atoms with Crippen molar-refractivity contribution in [2.24, 2.45) is 5.92 Å². The molecule has 0 bridgehead atoms. The molecule has 0 saturated carbocycles. The molecule has 0 spiro atoms. The zero-order valence-electron chi connectivity index (χ0n) is 13.7. The Hall–Kier alpha value is -2.34. The van der Waals surface area contributed by atoms with Gasteiger partial charge in [-0.15, -0.1) is 0 Å². The van der Waals surface area contributed by atoms with Crippen LogP contribution in [0.4, 0.5) is 8.78 Å². The summed E-state index contributed by atoms with van der Waals surface area (Å²) in [6, 6.07) is 0. The second kappa shape index (κ2) is 7.91. The molecule has 0 unspecified atom stereocenters. The number of alkyl halides is 2. The number of aryl methyl sites for hydroxylation is 1. The van der Waals surface area contributed by atoms with Gasteiger partial charge in [-0.05, 0) is 13.3 Å². The molecule has 144 valence electrons. The number of allylic oxidation sites excluding steroid dienone is 1. The zero-order chi connectivity index (χ0) is 19.5. The number of nitrogens with zero attached hydrogens (tertiary/aromatic N) is 1. The lowest BCUT2D eigenvalue weighted by Gasteiger charge is -2.18. The summed E-state index contributed by atoms with van der Waals surface area (Å²) >= 11 is 0. The molecule has 0 aliphatic heterocycles. The number of carbonyl (C=O) groups is 1. The number of carboxylic acid groups (broad SMARTS) is 1. The first-order chi connectivity index (χ1) is 12.2. The van der Waals surface area contributed by atoms with E-state index in [1.165, 1.54) is 13.1 Å². The van der Waals surface area contributed by atoms with Crippen LogP contribution in [-0.4, -0.2) is 37.8 Å². The van der Waals surface area contributed by atoms with Crippen molar-refractivity contribution in [3.05, 3.63) is 34.3 Å². The summed E-state index contributed by atoms with van der Waals surface area (Å²) in [5.41, 5.74) is 0.0314. The van der Waals surface area contributed by atoms with Crippen LogP contribution in [0, 0.1) is 12.8 Å². The Labute approximate surface area is 146 Å². The topological polar surface area (TPSA) is 141 Å². The maximum absolute atomic E-state index is 13.7. The number of hydrogen-bond donors (Lipinski definition) is 5. The molecule has 11 heteroatoms. The molecule has 0 fully saturated rings. The minimum Gasteiger partial charge on any atom is -0.506 e. The van der Waals surface area contributed by atoms with Gasteiger partial charge in [0.1, 0.15) is 12.4 Å². The molecule has 1 atom stereocenters. The standard InChI is InChI=1S/C15H18F2N2O7/c1-7-13(20)10(9(4-18-7)6-25-23)5-19-12-3-8(14(21)22)2-11(12)15(16,17)26-24/h4,8,19-20,23-24H,2-3,5-6H2,1H3,(H,21,22)/t8-/m0/s1. The molecule has 1 aromatic heterocycles. The molecule has 2 rings (SSSR count). The predicted molar refractivity (Wildman–Crippen MR) is 80.9 cm³/mol. The van der Waals surface area contributed by atoms with Crippen molar-refractivity contribution in [1.82, 2.24) is 10.3 Å². The number of rotatable bonds is 8. The Morgan fingerprint density at radius 3 is 2.69 bits per heavy atom. The Bertz CT molecular complexity index is 724. The van der Waals surface area contributed by atoms with Crippen LogP contribution in [0.1, 0.15) is 29.7 Å². The minimum atomic E-state index is -4.04. The monoisotopic (exact) mass is 376 g/mol. The smallest absolute Gasteiger partial charge is 0.405 e. The van der Waals surface area contributed by atoms with Crippen molar-refractivity contribution < 1.29 is 44.1 Å². The number of nitrogens with one attached hydrogen (secondary N) is 1. The van der Waals surface area contributed by atoms with Crippen LogP contribution in [0.5, 0.6) is 5.75 Å². The summed E-state index contributed by atoms with van der Waals surface area (Å²) in [5, 5.41) is 38.9. The van der Waals surface area contributed by atoms with E-state index in [1.807, 2.05) is 0 Å². The predicted octanol–water partition coefficient (Wildman–Crippen LogP) is 2.01. The van der Waals surface area contributed by atoms with Gasteiger partial charge in [-0.1, -0.05) is 0 Å². The summed E-state index contributed by atoms with van der Waals surface area (Å²) in [5.74, 6) is -2.57. The number of aliphatic carboxylic acids is 1.